The first-order valence-corrected chi connectivity index (χ1v) is 6.59. The van der Waals surface area contributed by atoms with Gasteiger partial charge in [-0.2, -0.15) is 0 Å². The summed E-state index contributed by atoms with van der Waals surface area (Å²) < 4.78 is 1.08. The van der Waals surface area contributed by atoms with Crippen LogP contribution >= 0.6 is 15.9 Å². The predicted octanol–water partition coefficient (Wildman–Crippen LogP) is 2.81. The lowest BCUT2D eigenvalue weighted by molar-refractivity contribution is -0.142. The fraction of sp³-hybridized carbons (Fsp3) is 0.462. The summed E-state index contributed by atoms with van der Waals surface area (Å²) in [5.74, 6) is -0.699. The maximum Gasteiger partial charge on any atom is 0.320 e. The quantitative estimate of drug-likeness (QED) is 0.933. The molecule has 1 aromatic rings. The van der Waals surface area contributed by atoms with Crippen molar-refractivity contribution in [2.45, 2.75) is 32.4 Å². The summed E-state index contributed by atoms with van der Waals surface area (Å²) in [4.78, 5) is 13.2. The van der Waals surface area contributed by atoms with Crippen LogP contribution in [0, 0.1) is 6.92 Å². The largest absolute Gasteiger partial charge is 0.480 e. The van der Waals surface area contributed by atoms with Crippen molar-refractivity contribution in [2.24, 2.45) is 0 Å². The summed E-state index contributed by atoms with van der Waals surface area (Å²) in [7, 11) is 0. The first-order valence-electron chi connectivity index (χ1n) is 5.80. The van der Waals surface area contributed by atoms with Gasteiger partial charge in [-0.1, -0.05) is 28.1 Å². The van der Waals surface area contributed by atoms with E-state index < -0.39 is 5.97 Å². The van der Waals surface area contributed by atoms with Gasteiger partial charge in [0.2, 0.25) is 0 Å². The van der Waals surface area contributed by atoms with E-state index in [4.69, 9.17) is 5.11 Å². The van der Waals surface area contributed by atoms with Crippen molar-refractivity contribution in [1.29, 1.82) is 0 Å². The molecule has 1 atom stereocenters. The van der Waals surface area contributed by atoms with Gasteiger partial charge in [0.15, 0.2) is 0 Å². The summed E-state index contributed by atoms with van der Waals surface area (Å²) in [5.41, 5.74) is 2.40. The lowest BCUT2D eigenvalue weighted by Crippen LogP contribution is -2.35. The van der Waals surface area contributed by atoms with Gasteiger partial charge in [-0.05, 0) is 43.5 Å². The second-order valence-corrected chi connectivity index (χ2v) is 5.35. The minimum absolute atomic E-state index is 0.312. The maximum absolute atomic E-state index is 11.1. The van der Waals surface area contributed by atoms with Gasteiger partial charge < -0.3 is 5.11 Å². The molecular formula is C13H16BrNO2. The normalized spacial score (nSPS) is 20.7. The average molecular weight is 298 g/mol. The average Bonchev–Trinajstić information content (AvgIpc) is 2.73. The molecule has 1 aromatic carbocycles. The number of carboxylic acids is 1. The molecule has 2 rings (SSSR count). The molecule has 4 heteroatoms. The lowest BCUT2D eigenvalue weighted by Gasteiger charge is -2.22. The van der Waals surface area contributed by atoms with Crippen molar-refractivity contribution < 1.29 is 9.90 Å². The SMILES string of the molecule is Cc1c(Br)cccc1CN1CCC[C@@H]1C(=O)O. The van der Waals surface area contributed by atoms with Crippen LogP contribution in [-0.4, -0.2) is 28.6 Å². The van der Waals surface area contributed by atoms with Crippen LogP contribution in [-0.2, 0) is 11.3 Å². The monoisotopic (exact) mass is 297 g/mol. The highest BCUT2D eigenvalue weighted by molar-refractivity contribution is 9.10. The third-order valence-corrected chi connectivity index (χ3v) is 4.26. The third-order valence-electron chi connectivity index (χ3n) is 3.40. The van der Waals surface area contributed by atoms with E-state index in [-0.39, 0.29) is 6.04 Å². The van der Waals surface area contributed by atoms with Gasteiger partial charge in [-0.15, -0.1) is 0 Å². The van der Waals surface area contributed by atoms with E-state index in [1.807, 2.05) is 12.1 Å². The number of carboxylic acid groups (broad SMARTS) is 1. The third kappa shape index (κ3) is 2.69. The zero-order chi connectivity index (χ0) is 12.4. The Bertz CT molecular complexity index is 433. The summed E-state index contributed by atoms with van der Waals surface area (Å²) in [6.45, 7) is 3.66. The first kappa shape index (κ1) is 12.6. The second-order valence-electron chi connectivity index (χ2n) is 4.49. The number of benzene rings is 1. The highest BCUT2D eigenvalue weighted by Gasteiger charge is 2.30. The molecular weight excluding hydrogens is 282 g/mol. The number of rotatable bonds is 3. The molecule has 1 N–H and O–H groups in total. The van der Waals surface area contributed by atoms with Crippen LogP contribution in [0.15, 0.2) is 22.7 Å². The fourth-order valence-corrected chi connectivity index (χ4v) is 2.74. The summed E-state index contributed by atoms with van der Waals surface area (Å²) >= 11 is 3.50. The van der Waals surface area contributed by atoms with Gasteiger partial charge in [0, 0.05) is 11.0 Å². The molecule has 0 radical (unpaired) electrons. The molecule has 1 fully saturated rings. The topological polar surface area (TPSA) is 40.5 Å². The summed E-state index contributed by atoms with van der Waals surface area (Å²) in [5, 5.41) is 9.13. The number of likely N-dealkylation sites (tertiary alicyclic amines) is 1. The van der Waals surface area contributed by atoms with Gasteiger partial charge in [0.05, 0.1) is 0 Å². The zero-order valence-corrected chi connectivity index (χ0v) is 11.4. The smallest absolute Gasteiger partial charge is 0.320 e. The first-order chi connectivity index (χ1) is 8.09. The molecule has 1 saturated heterocycles. The van der Waals surface area contributed by atoms with Gasteiger partial charge in [0.25, 0.3) is 0 Å². The van der Waals surface area contributed by atoms with Crippen LogP contribution < -0.4 is 0 Å². The van der Waals surface area contributed by atoms with Crippen molar-refractivity contribution in [3.8, 4) is 0 Å². The Kier molecular flexibility index (Phi) is 3.84. The molecule has 1 aliphatic heterocycles. The number of nitrogens with zero attached hydrogens (tertiary/aromatic N) is 1. The van der Waals surface area contributed by atoms with Gasteiger partial charge in [-0.3, -0.25) is 9.69 Å². The number of carbonyl (C=O) groups is 1. The summed E-state index contributed by atoms with van der Waals surface area (Å²) in [6, 6.07) is 5.76. The van der Waals surface area contributed by atoms with E-state index in [1.54, 1.807) is 0 Å². The Labute approximate surface area is 110 Å². The van der Waals surface area contributed by atoms with Gasteiger partial charge in [-0.25, -0.2) is 0 Å². The van der Waals surface area contributed by atoms with Crippen molar-refractivity contribution in [1.82, 2.24) is 4.90 Å². The van der Waals surface area contributed by atoms with Crippen molar-refractivity contribution in [3.05, 3.63) is 33.8 Å². The number of hydrogen-bond donors (Lipinski definition) is 1. The minimum Gasteiger partial charge on any atom is -0.480 e. The summed E-state index contributed by atoms with van der Waals surface area (Å²) in [6.07, 6.45) is 1.74. The minimum atomic E-state index is -0.699. The van der Waals surface area contributed by atoms with E-state index in [0.717, 1.165) is 30.4 Å². The Morgan fingerprint density at radius 1 is 1.59 bits per heavy atom. The predicted molar refractivity (Wildman–Crippen MR) is 69.9 cm³/mol. The van der Waals surface area contributed by atoms with E-state index >= 15 is 0 Å². The van der Waals surface area contributed by atoms with Crippen LogP contribution in [0.4, 0.5) is 0 Å². The van der Waals surface area contributed by atoms with Crippen LogP contribution in [0.2, 0.25) is 0 Å². The number of hydrogen-bond acceptors (Lipinski definition) is 2. The van der Waals surface area contributed by atoms with Gasteiger partial charge >= 0.3 is 5.97 Å². The molecule has 17 heavy (non-hydrogen) atoms. The van der Waals surface area contributed by atoms with Crippen molar-refractivity contribution in [2.75, 3.05) is 6.54 Å². The van der Waals surface area contributed by atoms with E-state index in [1.165, 1.54) is 11.1 Å². The standard InChI is InChI=1S/C13H16BrNO2/c1-9-10(4-2-5-11(9)14)8-15-7-3-6-12(15)13(16)17/h2,4-5,12H,3,6-8H2,1H3,(H,16,17)/t12-/m1/s1. The Balaban J connectivity index is 2.15. The highest BCUT2D eigenvalue weighted by Crippen LogP contribution is 2.24. The Hall–Kier alpha value is -0.870. The van der Waals surface area contributed by atoms with Crippen LogP contribution in [0.3, 0.4) is 0 Å². The molecule has 3 nitrogen and oxygen atoms in total. The molecule has 0 spiro atoms. The molecule has 92 valence electrons. The van der Waals surface area contributed by atoms with Crippen LogP contribution in [0.5, 0.6) is 0 Å². The molecule has 0 amide bonds. The van der Waals surface area contributed by atoms with Gasteiger partial charge in [0.1, 0.15) is 6.04 Å². The Morgan fingerprint density at radius 3 is 3.06 bits per heavy atom. The number of aliphatic carboxylic acids is 1. The fourth-order valence-electron chi connectivity index (χ4n) is 2.34. The molecule has 0 saturated carbocycles. The highest BCUT2D eigenvalue weighted by atomic mass is 79.9. The molecule has 0 aliphatic carbocycles. The van der Waals surface area contributed by atoms with Crippen molar-refractivity contribution in [3.63, 3.8) is 0 Å². The molecule has 1 heterocycles. The maximum atomic E-state index is 11.1. The molecule has 0 bridgehead atoms. The van der Waals surface area contributed by atoms with Crippen molar-refractivity contribution >= 4 is 21.9 Å². The Morgan fingerprint density at radius 2 is 2.35 bits per heavy atom. The van der Waals surface area contributed by atoms with E-state index in [0.29, 0.717) is 0 Å². The van der Waals surface area contributed by atoms with Crippen LogP contribution in [0.1, 0.15) is 24.0 Å². The van der Waals surface area contributed by atoms with Crippen LogP contribution in [0.25, 0.3) is 0 Å². The molecule has 0 aromatic heterocycles. The molecule has 0 unspecified atom stereocenters. The lowest BCUT2D eigenvalue weighted by atomic mass is 10.1. The zero-order valence-electron chi connectivity index (χ0n) is 9.82. The van der Waals surface area contributed by atoms with E-state index in [2.05, 4.69) is 33.8 Å². The second kappa shape index (κ2) is 5.19. The molecule has 1 aliphatic rings. The number of halogens is 1. The van der Waals surface area contributed by atoms with E-state index in [9.17, 15) is 4.79 Å².